The van der Waals surface area contributed by atoms with Gasteiger partial charge < -0.3 is 5.32 Å². The molecule has 1 aliphatic rings. The lowest BCUT2D eigenvalue weighted by atomic mass is 9.82. The molecule has 2 heteroatoms. The number of nitrogens with one attached hydrogen (secondary N) is 1. The zero-order chi connectivity index (χ0) is 15.7. The van der Waals surface area contributed by atoms with Crippen molar-refractivity contribution in [3.63, 3.8) is 0 Å². The number of hydrogen-bond donors (Lipinski definition) is 1. The first-order chi connectivity index (χ1) is 10.5. The first kappa shape index (κ1) is 15.0. The first-order valence-electron chi connectivity index (χ1n) is 7.96. The van der Waals surface area contributed by atoms with Crippen LogP contribution in [0.15, 0.2) is 48.5 Å². The molecule has 2 nitrogen and oxygen atoms in total. The molecule has 1 heterocycles. The summed E-state index contributed by atoms with van der Waals surface area (Å²) in [4.78, 5) is 12.5. The Balaban J connectivity index is 1.88. The van der Waals surface area contributed by atoms with Crippen LogP contribution in [0.1, 0.15) is 47.7 Å². The average molecular weight is 293 g/mol. The third-order valence-corrected chi connectivity index (χ3v) is 4.71. The molecule has 1 N–H and O–H groups in total. The van der Waals surface area contributed by atoms with E-state index in [4.69, 9.17) is 0 Å². The van der Waals surface area contributed by atoms with Crippen molar-refractivity contribution in [1.82, 2.24) is 5.32 Å². The molecular formula is C20H23NO. The molecule has 1 aliphatic heterocycles. The van der Waals surface area contributed by atoms with Crippen LogP contribution >= 0.6 is 0 Å². The summed E-state index contributed by atoms with van der Waals surface area (Å²) in [5.74, 6) is 0.360. The fourth-order valence-electron chi connectivity index (χ4n) is 3.16. The summed E-state index contributed by atoms with van der Waals surface area (Å²) in [7, 11) is 0. The minimum atomic E-state index is 0.0180. The van der Waals surface area contributed by atoms with Crippen LogP contribution in [0.2, 0.25) is 0 Å². The Morgan fingerprint density at radius 2 is 1.36 bits per heavy atom. The van der Waals surface area contributed by atoms with Crippen LogP contribution in [0.25, 0.3) is 0 Å². The Morgan fingerprint density at radius 3 is 1.91 bits per heavy atom. The van der Waals surface area contributed by atoms with Crippen molar-refractivity contribution in [3.05, 3.63) is 70.8 Å². The molecule has 1 saturated heterocycles. The van der Waals surface area contributed by atoms with Gasteiger partial charge in [0.05, 0.1) is 0 Å². The van der Waals surface area contributed by atoms with Gasteiger partial charge >= 0.3 is 0 Å². The molecule has 2 aromatic carbocycles. The van der Waals surface area contributed by atoms with Crippen molar-refractivity contribution in [1.29, 1.82) is 0 Å². The fourth-order valence-corrected chi connectivity index (χ4v) is 3.16. The number of hydrogen-bond acceptors (Lipinski definition) is 2. The molecule has 0 aliphatic carbocycles. The molecule has 0 saturated carbocycles. The molecule has 0 spiro atoms. The molecule has 0 amide bonds. The number of benzene rings is 2. The molecule has 3 atom stereocenters. The highest BCUT2D eigenvalue weighted by Gasteiger charge is 2.34. The van der Waals surface area contributed by atoms with Gasteiger partial charge in [0.1, 0.15) is 5.78 Å². The second-order valence-corrected chi connectivity index (χ2v) is 6.48. The standard InChI is InChI=1S/C20H23NO/c1-13-4-8-16(9-5-13)18-12-19(22)15(3)20(21-18)17-10-6-14(2)7-11-17/h4-11,15,18,20-21H,12H2,1-3H3. The zero-order valence-electron chi connectivity index (χ0n) is 13.5. The van der Waals surface area contributed by atoms with Crippen molar-refractivity contribution in [2.24, 2.45) is 5.92 Å². The van der Waals surface area contributed by atoms with E-state index in [9.17, 15) is 4.79 Å². The van der Waals surface area contributed by atoms with Gasteiger partial charge in [-0.15, -0.1) is 0 Å². The van der Waals surface area contributed by atoms with E-state index < -0.39 is 0 Å². The number of Topliss-reactive ketones (excluding diaryl/α,β-unsaturated/α-hetero) is 1. The summed E-state index contributed by atoms with van der Waals surface area (Å²) in [5.41, 5.74) is 4.88. The maximum absolute atomic E-state index is 12.5. The average Bonchev–Trinajstić information content (AvgIpc) is 2.52. The Morgan fingerprint density at radius 1 is 0.864 bits per heavy atom. The van der Waals surface area contributed by atoms with Gasteiger partial charge in [-0.05, 0) is 25.0 Å². The Bertz CT molecular complexity index is 657. The normalized spacial score (nSPS) is 25.2. The monoisotopic (exact) mass is 293 g/mol. The van der Waals surface area contributed by atoms with Gasteiger partial charge in [0.15, 0.2) is 0 Å². The Hall–Kier alpha value is -1.93. The number of carbonyl (C=O) groups excluding carboxylic acids is 1. The third kappa shape index (κ3) is 2.97. The third-order valence-electron chi connectivity index (χ3n) is 4.71. The largest absolute Gasteiger partial charge is 0.302 e. The van der Waals surface area contributed by atoms with E-state index in [2.05, 4.69) is 67.7 Å². The van der Waals surface area contributed by atoms with Crippen LogP contribution in [-0.2, 0) is 4.79 Å². The number of ketones is 1. The molecule has 3 rings (SSSR count). The van der Waals surface area contributed by atoms with Crippen LogP contribution in [0, 0.1) is 19.8 Å². The molecule has 0 bridgehead atoms. The van der Waals surface area contributed by atoms with E-state index in [1.807, 2.05) is 6.92 Å². The summed E-state index contributed by atoms with van der Waals surface area (Å²) in [5, 5.41) is 3.68. The lowest BCUT2D eigenvalue weighted by Crippen LogP contribution is -2.41. The highest BCUT2D eigenvalue weighted by Crippen LogP contribution is 2.34. The topological polar surface area (TPSA) is 29.1 Å². The molecule has 1 fully saturated rings. The quantitative estimate of drug-likeness (QED) is 0.895. The van der Waals surface area contributed by atoms with Crippen LogP contribution < -0.4 is 5.32 Å². The summed E-state index contributed by atoms with van der Waals surface area (Å²) in [6.07, 6.45) is 0.576. The van der Waals surface area contributed by atoms with Gasteiger partial charge in [-0.25, -0.2) is 0 Å². The summed E-state index contributed by atoms with van der Waals surface area (Å²) < 4.78 is 0. The van der Waals surface area contributed by atoms with E-state index >= 15 is 0 Å². The minimum absolute atomic E-state index is 0.0180. The molecule has 114 valence electrons. The zero-order valence-corrected chi connectivity index (χ0v) is 13.5. The predicted molar refractivity (Wildman–Crippen MR) is 89.8 cm³/mol. The van der Waals surface area contributed by atoms with E-state index in [1.54, 1.807) is 0 Å². The number of carbonyl (C=O) groups is 1. The second-order valence-electron chi connectivity index (χ2n) is 6.48. The van der Waals surface area contributed by atoms with Crippen molar-refractivity contribution >= 4 is 5.78 Å². The lowest BCUT2D eigenvalue weighted by Gasteiger charge is -2.35. The smallest absolute Gasteiger partial charge is 0.139 e. The molecule has 2 aromatic rings. The highest BCUT2D eigenvalue weighted by atomic mass is 16.1. The van der Waals surface area contributed by atoms with Gasteiger partial charge in [-0.1, -0.05) is 66.6 Å². The fraction of sp³-hybridized carbons (Fsp3) is 0.350. The van der Waals surface area contributed by atoms with Gasteiger partial charge in [0.25, 0.3) is 0 Å². The van der Waals surface area contributed by atoms with Gasteiger partial charge in [-0.3, -0.25) is 4.79 Å². The van der Waals surface area contributed by atoms with Crippen molar-refractivity contribution in [3.8, 4) is 0 Å². The second kappa shape index (κ2) is 6.05. The SMILES string of the molecule is Cc1ccc(C2CC(=O)C(C)C(c3ccc(C)cc3)N2)cc1. The van der Waals surface area contributed by atoms with Gasteiger partial charge in [0, 0.05) is 24.4 Å². The molecule has 3 unspecified atom stereocenters. The summed E-state index contributed by atoms with van der Waals surface area (Å²) in [6, 6.07) is 17.2. The van der Waals surface area contributed by atoms with Crippen molar-refractivity contribution in [2.45, 2.75) is 39.3 Å². The summed E-state index contributed by atoms with van der Waals surface area (Å²) >= 11 is 0. The summed E-state index contributed by atoms with van der Waals surface area (Å²) in [6.45, 7) is 6.20. The van der Waals surface area contributed by atoms with Crippen molar-refractivity contribution in [2.75, 3.05) is 0 Å². The molecule has 22 heavy (non-hydrogen) atoms. The maximum Gasteiger partial charge on any atom is 0.139 e. The number of rotatable bonds is 2. The van der Waals surface area contributed by atoms with E-state index in [1.165, 1.54) is 22.3 Å². The number of piperidine rings is 1. The predicted octanol–water partition coefficient (Wildman–Crippen LogP) is 4.28. The van der Waals surface area contributed by atoms with Crippen LogP contribution in [-0.4, -0.2) is 5.78 Å². The van der Waals surface area contributed by atoms with E-state index in [0.29, 0.717) is 12.2 Å². The van der Waals surface area contributed by atoms with Crippen LogP contribution in [0.4, 0.5) is 0 Å². The van der Waals surface area contributed by atoms with Gasteiger partial charge in [-0.2, -0.15) is 0 Å². The maximum atomic E-state index is 12.5. The minimum Gasteiger partial charge on any atom is -0.302 e. The van der Waals surface area contributed by atoms with E-state index in [0.717, 1.165) is 0 Å². The van der Waals surface area contributed by atoms with E-state index in [-0.39, 0.29) is 18.0 Å². The molecular weight excluding hydrogens is 270 g/mol. The highest BCUT2D eigenvalue weighted by molar-refractivity contribution is 5.83. The van der Waals surface area contributed by atoms with Crippen LogP contribution in [0.3, 0.4) is 0 Å². The van der Waals surface area contributed by atoms with Gasteiger partial charge in [0.2, 0.25) is 0 Å². The molecule has 0 radical (unpaired) electrons. The Labute approximate surface area is 132 Å². The molecule has 0 aromatic heterocycles. The Kier molecular flexibility index (Phi) is 4.12. The number of aryl methyl sites for hydroxylation is 2. The van der Waals surface area contributed by atoms with Crippen LogP contribution in [0.5, 0.6) is 0 Å². The lowest BCUT2D eigenvalue weighted by molar-refractivity contribution is -0.126. The van der Waals surface area contributed by atoms with Crippen molar-refractivity contribution < 1.29 is 4.79 Å². The first-order valence-corrected chi connectivity index (χ1v) is 7.96.